The highest BCUT2D eigenvalue weighted by Crippen LogP contribution is 2.34. The van der Waals surface area contributed by atoms with E-state index in [0.717, 1.165) is 38.6 Å². The van der Waals surface area contributed by atoms with Crippen LogP contribution in [0.15, 0.2) is 12.2 Å². The first kappa shape index (κ1) is 15.5. The van der Waals surface area contributed by atoms with Crippen LogP contribution in [-0.4, -0.2) is 47.1 Å². The molecule has 3 aliphatic carbocycles. The van der Waals surface area contributed by atoms with Gasteiger partial charge < -0.3 is 10.4 Å². The quantitative estimate of drug-likeness (QED) is 0.704. The van der Waals surface area contributed by atoms with Gasteiger partial charge in [-0.05, 0) is 50.9 Å². The van der Waals surface area contributed by atoms with Gasteiger partial charge >= 0.3 is 5.97 Å². The molecule has 22 heavy (non-hydrogen) atoms. The Balaban J connectivity index is 1.42. The highest BCUT2D eigenvalue weighted by molar-refractivity contribution is 5.79. The van der Waals surface area contributed by atoms with Crippen molar-refractivity contribution in [2.45, 2.75) is 57.0 Å². The van der Waals surface area contributed by atoms with E-state index in [9.17, 15) is 9.59 Å². The Labute approximate surface area is 131 Å². The van der Waals surface area contributed by atoms with E-state index in [4.69, 9.17) is 5.11 Å². The summed E-state index contributed by atoms with van der Waals surface area (Å²) >= 11 is 0. The molecule has 5 heteroatoms. The third-order valence-corrected chi connectivity index (χ3v) is 5.14. The van der Waals surface area contributed by atoms with Crippen LogP contribution < -0.4 is 5.32 Å². The third-order valence-electron chi connectivity index (χ3n) is 5.14. The zero-order chi connectivity index (χ0) is 15.5. The molecule has 0 heterocycles. The minimum atomic E-state index is -0.748. The van der Waals surface area contributed by atoms with Crippen molar-refractivity contribution < 1.29 is 14.7 Å². The Morgan fingerprint density at radius 1 is 1.18 bits per heavy atom. The van der Waals surface area contributed by atoms with Crippen molar-refractivity contribution in [1.82, 2.24) is 10.2 Å². The Morgan fingerprint density at radius 2 is 1.95 bits per heavy atom. The topological polar surface area (TPSA) is 69.6 Å². The fourth-order valence-electron chi connectivity index (χ4n) is 3.50. The van der Waals surface area contributed by atoms with Gasteiger partial charge in [-0.3, -0.25) is 14.5 Å². The SMILES string of the molecule is O=C(O)CN(CC1CC1)C1CC(NC(=O)C2CC=CCC2)C1. The van der Waals surface area contributed by atoms with E-state index in [0.29, 0.717) is 12.0 Å². The van der Waals surface area contributed by atoms with Crippen molar-refractivity contribution in [3.8, 4) is 0 Å². The molecule has 1 amide bonds. The van der Waals surface area contributed by atoms with Crippen LogP contribution in [0.5, 0.6) is 0 Å². The number of nitrogens with one attached hydrogen (secondary N) is 1. The molecule has 0 spiro atoms. The van der Waals surface area contributed by atoms with E-state index in [1.807, 2.05) is 0 Å². The highest BCUT2D eigenvalue weighted by atomic mass is 16.4. The summed E-state index contributed by atoms with van der Waals surface area (Å²) in [6.45, 7) is 1.04. The van der Waals surface area contributed by atoms with E-state index >= 15 is 0 Å². The average Bonchev–Trinajstić information content (AvgIpc) is 3.26. The number of hydrogen-bond acceptors (Lipinski definition) is 3. The molecular weight excluding hydrogens is 280 g/mol. The van der Waals surface area contributed by atoms with Crippen LogP contribution in [0.25, 0.3) is 0 Å². The van der Waals surface area contributed by atoms with Gasteiger partial charge in [0, 0.05) is 24.5 Å². The van der Waals surface area contributed by atoms with E-state index in [2.05, 4.69) is 22.4 Å². The number of carbonyl (C=O) groups is 2. The summed E-state index contributed by atoms with van der Waals surface area (Å²) in [5.74, 6) is 0.259. The van der Waals surface area contributed by atoms with Crippen LogP contribution in [0.3, 0.4) is 0 Å². The van der Waals surface area contributed by atoms with Gasteiger partial charge in [0.2, 0.25) is 5.91 Å². The molecule has 0 aromatic heterocycles. The van der Waals surface area contributed by atoms with Crippen LogP contribution >= 0.6 is 0 Å². The first-order valence-corrected chi connectivity index (χ1v) is 8.53. The summed E-state index contributed by atoms with van der Waals surface area (Å²) in [4.78, 5) is 25.3. The Hall–Kier alpha value is -1.36. The summed E-state index contributed by atoms with van der Waals surface area (Å²) in [5, 5.41) is 12.2. The van der Waals surface area contributed by atoms with E-state index in [1.54, 1.807) is 0 Å². The maximum atomic E-state index is 12.2. The second-order valence-corrected chi connectivity index (χ2v) is 7.08. The van der Waals surface area contributed by atoms with Gasteiger partial charge in [0.15, 0.2) is 0 Å². The van der Waals surface area contributed by atoms with Gasteiger partial charge in [-0.25, -0.2) is 0 Å². The predicted octanol–water partition coefficient (Wildman–Crippen LogP) is 1.79. The molecule has 3 rings (SSSR count). The first-order chi connectivity index (χ1) is 10.6. The fraction of sp³-hybridized carbons (Fsp3) is 0.765. The summed E-state index contributed by atoms with van der Waals surface area (Å²) in [6, 6.07) is 0.562. The summed E-state index contributed by atoms with van der Waals surface area (Å²) < 4.78 is 0. The number of carboxylic acid groups (broad SMARTS) is 1. The van der Waals surface area contributed by atoms with Gasteiger partial charge in [0.1, 0.15) is 0 Å². The number of amides is 1. The van der Waals surface area contributed by atoms with E-state index < -0.39 is 5.97 Å². The summed E-state index contributed by atoms with van der Waals surface area (Å²) in [7, 11) is 0. The van der Waals surface area contributed by atoms with Crippen LogP contribution in [0.2, 0.25) is 0 Å². The molecule has 1 unspecified atom stereocenters. The molecule has 2 N–H and O–H groups in total. The number of carbonyl (C=O) groups excluding carboxylic acids is 1. The Morgan fingerprint density at radius 3 is 2.55 bits per heavy atom. The van der Waals surface area contributed by atoms with Gasteiger partial charge in [-0.15, -0.1) is 0 Å². The van der Waals surface area contributed by atoms with Crippen molar-refractivity contribution in [2.75, 3.05) is 13.1 Å². The van der Waals surface area contributed by atoms with E-state index in [1.165, 1.54) is 12.8 Å². The molecule has 0 bridgehead atoms. The standard InChI is InChI=1S/C17H26N2O3/c20-16(21)11-19(10-12-6-7-12)15-8-14(9-15)18-17(22)13-4-2-1-3-5-13/h1-2,12-15H,3-11H2,(H,18,22)(H,20,21). The Bertz CT molecular complexity index is 453. The van der Waals surface area contributed by atoms with Crippen molar-refractivity contribution in [3.05, 3.63) is 12.2 Å². The lowest BCUT2D eigenvalue weighted by Crippen LogP contribution is -2.56. The average molecular weight is 306 g/mol. The van der Waals surface area contributed by atoms with Crippen LogP contribution in [0.4, 0.5) is 0 Å². The van der Waals surface area contributed by atoms with Gasteiger partial charge in [-0.2, -0.15) is 0 Å². The second-order valence-electron chi connectivity index (χ2n) is 7.08. The number of hydrogen-bond donors (Lipinski definition) is 2. The van der Waals surface area contributed by atoms with Gasteiger partial charge in [0.25, 0.3) is 0 Å². The van der Waals surface area contributed by atoms with Crippen molar-refractivity contribution >= 4 is 11.9 Å². The molecule has 2 saturated carbocycles. The number of aliphatic carboxylic acids is 1. The van der Waals surface area contributed by atoms with Gasteiger partial charge in [0.05, 0.1) is 6.54 Å². The molecule has 1 atom stereocenters. The molecule has 3 aliphatic rings. The van der Waals surface area contributed by atoms with Crippen molar-refractivity contribution in [3.63, 3.8) is 0 Å². The smallest absolute Gasteiger partial charge is 0.317 e. The summed E-state index contributed by atoms with van der Waals surface area (Å²) in [6.07, 6.45) is 11.3. The maximum absolute atomic E-state index is 12.2. The highest BCUT2D eigenvalue weighted by Gasteiger charge is 2.38. The molecular formula is C17H26N2O3. The normalized spacial score (nSPS) is 30.9. The number of allylic oxidation sites excluding steroid dienone is 2. The molecule has 5 nitrogen and oxygen atoms in total. The third kappa shape index (κ3) is 4.09. The molecule has 0 radical (unpaired) electrons. The maximum Gasteiger partial charge on any atom is 0.317 e. The zero-order valence-electron chi connectivity index (χ0n) is 13.0. The summed E-state index contributed by atoms with van der Waals surface area (Å²) in [5.41, 5.74) is 0. The largest absolute Gasteiger partial charge is 0.480 e. The minimum absolute atomic E-state index is 0.130. The number of nitrogens with zero attached hydrogens (tertiary/aromatic N) is 1. The van der Waals surface area contributed by atoms with Crippen molar-refractivity contribution in [2.24, 2.45) is 11.8 Å². The number of carboxylic acids is 1. The molecule has 0 aromatic carbocycles. The molecule has 0 saturated heterocycles. The lowest BCUT2D eigenvalue weighted by Gasteiger charge is -2.43. The molecule has 0 aliphatic heterocycles. The zero-order valence-corrected chi connectivity index (χ0v) is 13.0. The minimum Gasteiger partial charge on any atom is -0.480 e. The van der Waals surface area contributed by atoms with Crippen LogP contribution in [0.1, 0.15) is 44.9 Å². The fourth-order valence-corrected chi connectivity index (χ4v) is 3.50. The predicted molar refractivity (Wildman–Crippen MR) is 83.4 cm³/mol. The van der Waals surface area contributed by atoms with E-state index in [-0.39, 0.29) is 24.4 Å². The lowest BCUT2D eigenvalue weighted by molar-refractivity contribution is -0.140. The first-order valence-electron chi connectivity index (χ1n) is 8.53. The second kappa shape index (κ2) is 6.82. The van der Waals surface area contributed by atoms with Crippen LogP contribution in [0, 0.1) is 11.8 Å². The Kier molecular flexibility index (Phi) is 4.81. The molecule has 0 aromatic rings. The number of rotatable bonds is 7. The molecule has 122 valence electrons. The monoisotopic (exact) mass is 306 g/mol. The van der Waals surface area contributed by atoms with Gasteiger partial charge in [-0.1, -0.05) is 12.2 Å². The van der Waals surface area contributed by atoms with Crippen LogP contribution in [-0.2, 0) is 9.59 Å². The molecule has 2 fully saturated rings. The lowest BCUT2D eigenvalue weighted by atomic mass is 9.84. The van der Waals surface area contributed by atoms with Crippen molar-refractivity contribution in [1.29, 1.82) is 0 Å².